The van der Waals surface area contributed by atoms with Crippen LogP contribution in [0, 0.1) is 5.41 Å². The Morgan fingerprint density at radius 3 is 2.18 bits per heavy atom. The summed E-state index contributed by atoms with van der Waals surface area (Å²) in [7, 11) is 0. The summed E-state index contributed by atoms with van der Waals surface area (Å²) in [5.41, 5.74) is 5.38. The number of carbonyl (C=O) groups is 1. The number of rotatable bonds is 3. The molecule has 0 saturated heterocycles. The van der Waals surface area contributed by atoms with Crippen molar-refractivity contribution < 1.29 is 4.79 Å². The van der Waals surface area contributed by atoms with Gasteiger partial charge < -0.3 is 5.73 Å². The van der Waals surface area contributed by atoms with Crippen LogP contribution < -0.4 is 5.73 Å². The first-order chi connectivity index (χ1) is 4.89. The molecule has 0 amide bonds. The molecule has 0 aromatic rings. The van der Waals surface area contributed by atoms with E-state index in [1.165, 1.54) is 0 Å². The SMILES string of the molecule is CCC[C@H](N)C(=O)C(C)(C)C. The van der Waals surface area contributed by atoms with Gasteiger partial charge in [-0.25, -0.2) is 0 Å². The van der Waals surface area contributed by atoms with Gasteiger partial charge in [-0.2, -0.15) is 0 Å². The fourth-order valence-electron chi connectivity index (χ4n) is 0.998. The molecule has 0 bridgehead atoms. The zero-order valence-corrected chi connectivity index (χ0v) is 7.98. The number of nitrogens with two attached hydrogens (primary N) is 1. The van der Waals surface area contributed by atoms with Gasteiger partial charge in [0.25, 0.3) is 0 Å². The van der Waals surface area contributed by atoms with Crippen molar-refractivity contribution in [3.63, 3.8) is 0 Å². The largest absolute Gasteiger partial charge is 0.321 e. The Morgan fingerprint density at radius 1 is 1.45 bits per heavy atom. The summed E-state index contributed by atoms with van der Waals surface area (Å²) in [5, 5.41) is 0. The van der Waals surface area contributed by atoms with E-state index in [9.17, 15) is 4.79 Å². The van der Waals surface area contributed by atoms with Crippen molar-refractivity contribution >= 4 is 5.78 Å². The second-order valence-corrected chi connectivity index (χ2v) is 4.01. The lowest BCUT2D eigenvalue weighted by molar-refractivity contribution is -0.127. The summed E-state index contributed by atoms with van der Waals surface area (Å²) in [6.45, 7) is 7.76. The maximum Gasteiger partial charge on any atom is 0.154 e. The highest BCUT2D eigenvalue weighted by atomic mass is 16.1. The molecule has 66 valence electrons. The minimum atomic E-state index is -0.283. The van der Waals surface area contributed by atoms with Crippen molar-refractivity contribution in [3.05, 3.63) is 0 Å². The lowest BCUT2D eigenvalue weighted by Crippen LogP contribution is -2.38. The van der Waals surface area contributed by atoms with E-state index in [1.807, 2.05) is 27.7 Å². The highest BCUT2D eigenvalue weighted by molar-refractivity contribution is 5.88. The Hall–Kier alpha value is -0.370. The number of hydrogen-bond acceptors (Lipinski definition) is 2. The van der Waals surface area contributed by atoms with E-state index in [0.29, 0.717) is 0 Å². The zero-order valence-electron chi connectivity index (χ0n) is 7.98. The Morgan fingerprint density at radius 2 is 1.91 bits per heavy atom. The molecule has 0 rings (SSSR count). The van der Waals surface area contributed by atoms with Crippen LogP contribution in [-0.4, -0.2) is 11.8 Å². The van der Waals surface area contributed by atoms with Crippen LogP contribution >= 0.6 is 0 Å². The lowest BCUT2D eigenvalue weighted by Gasteiger charge is -2.21. The standard InChI is InChI=1S/C9H19NO/c1-5-6-7(10)8(11)9(2,3)4/h7H,5-6,10H2,1-4H3/t7-/m0/s1. The van der Waals surface area contributed by atoms with Crippen LogP contribution in [0.3, 0.4) is 0 Å². The first kappa shape index (κ1) is 10.6. The molecule has 0 aromatic carbocycles. The number of hydrogen-bond donors (Lipinski definition) is 1. The van der Waals surface area contributed by atoms with Crippen molar-refractivity contribution in [3.8, 4) is 0 Å². The van der Waals surface area contributed by atoms with Crippen LogP contribution in [0.1, 0.15) is 40.5 Å². The monoisotopic (exact) mass is 157 g/mol. The van der Waals surface area contributed by atoms with E-state index in [2.05, 4.69) is 0 Å². The van der Waals surface area contributed by atoms with Gasteiger partial charge in [0.15, 0.2) is 5.78 Å². The van der Waals surface area contributed by atoms with E-state index < -0.39 is 0 Å². The van der Waals surface area contributed by atoms with Crippen molar-refractivity contribution in [2.45, 2.75) is 46.6 Å². The van der Waals surface area contributed by atoms with Crippen LogP contribution in [0.2, 0.25) is 0 Å². The molecule has 11 heavy (non-hydrogen) atoms. The van der Waals surface area contributed by atoms with Crippen LogP contribution in [0.15, 0.2) is 0 Å². The molecule has 0 spiro atoms. The average molecular weight is 157 g/mol. The molecule has 0 aliphatic carbocycles. The normalized spacial score (nSPS) is 14.6. The minimum Gasteiger partial charge on any atom is -0.321 e. The molecule has 2 nitrogen and oxygen atoms in total. The molecular weight excluding hydrogens is 138 g/mol. The first-order valence-corrected chi connectivity index (χ1v) is 4.19. The minimum absolute atomic E-state index is 0.166. The summed E-state index contributed by atoms with van der Waals surface area (Å²) in [4.78, 5) is 11.4. The molecule has 0 aromatic heterocycles. The predicted octanol–water partition coefficient (Wildman–Crippen LogP) is 1.73. The van der Waals surface area contributed by atoms with Crippen molar-refractivity contribution in [1.82, 2.24) is 0 Å². The molecule has 0 aliphatic heterocycles. The number of ketones is 1. The fourth-order valence-corrected chi connectivity index (χ4v) is 0.998. The molecule has 0 fully saturated rings. The van der Waals surface area contributed by atoms with Crippen LogP contribution in [0.5, 0.6) is 0 Å². The third-order valence-electron chi connectivity index (χ3n) is 1.68. The molecule has 0 unspecified atom stereocenters. The van der Waals surface area contributed by atoms with Crippen LogP contribution in [0.25, 0.3) is 0 Å². The fraction of sp³-hybridized carbons (Fsp3) is 0.889. The molecular formula is C9H19NO. The Labute approximate surface area is 69.2 Å². The summed E-state index contributed by atoms with van der Waals surface area (Å²) >= 11 is 0. The Balaban J connectivity index is 4.03. The maximum atomic E-state index is 11.4. The smallest absolute Gasteiger partial charge is 0.154 e. The van der Waals surface area contributed by atoms with E-state index in [4.69, 9.17) is 5.73 Å². The van der Waals surface area contributed by atoms with Gasteiger partial charge >= 0.3 is 0 Å². The van der Waals surface area contributed by atoms with Gasteiger partial charge in [0.1, 0.15) is 0 Å². The number of Topliss-reactive ketones (excluding diaryl/α,β-unsaturated/α-hetero) is 1. The van der Waals surface area contributed by atoms with Gasteiger partial charge in [-0.05, 0) is 6.42 Å². The quantitative estimate of drug-likeness (QED) is 0.678. The molecule has 0 saturated carbocycles. The molecule has 0 aliphatic rings. The van der Waals surface area contributed by atoms with Gasteiger partial charge in [0.05, 0.1) is 6.04 Å². The van der Waals surface area contributed by atoms with Gasteiger partial charge in [0.2, 0.25) is 0 Å². The molecule has 2 heteroatoms. The summed E-state index contributed by atoms with van der Waals surface area (Å²) in [6.07, 6.45) is 1.78. The van der Waals surface area contributed by atoms with Gasteiger partial charge in [0, 0.05) is 5.41 Å². The number of carbonyl (C=O) groups excluding carboxylic acids is 1. The molecule has 2 N–H and O–H groups in total. The zero-order chi connectivity index (χ0) is 9.07. The second-order valence-electron chi connectivity index (χ2n) is 4.01. The van der Waals surface area contributed by atoms with E-state index in [1.54, 1.807) is 0 Å². The third kappa shape index (κ3) is 3.51. The van der Waals surface area contributed by atoms with E-state index in [0.717, 1.165) is 12.8 Å². The first-order valence-electron chi connectivity index (χ1n) is 4.19. The molecule has 0 heterocycles. The van der Waals surface area contributed by atoms with Crippen LogP contribution in [0.4, 0.5) is 0 Å². The lowest BCUT2D eigenvalue weighted by atomic mass is 9.85. The summed E-state index contributed by atoms with van der Waals surface area (Å²) < 4.78 is 0. The van der Waals surface area contributed by atoms with Crippen molar-refractivity contribution in [2.75, 3.05) is 0 Å². The van der Waals surface area contributed by atoms with Crippen molar-refractivity contribution in [2.24, 2.45) is 11.1 Å². The highest BCUT2D eigenvalue weighted by Gasteiger charge is 2.25. The second kappa shape index (κ2) is 3.86. The third-order valence-corrected chi connectivity index (χ3v) is 1.68. The van der Waals surface area contributed by atoms with Gasteiger partial charge in [-0.3, -0.25) is 4.79 Å². The van der Waals surface area contributed by atoms with Crippen molar-refractivity contribution in [1.29, 1.82) is 0 Å². The topological polar surface area (TPSA) is 43.1 Å². The predicted molar refractivity (Wildman–Crippen MR) is 47.3 cm³/mol. The summed E-state index contributed by atoms with van der Waals surface area (Å²) in [6, 6.07) is -0.264. The summed E-state index contributed by atoms with van der Waals surface area (Å²) in [5.74, 6) is 0.166. The molecule has 1 atom stereocenters. The Bertz CT molecular complexity index is 135. The van der Waals surface area contributed by atoms with E-state index >= 15 is 0 Å². The highest BCUT2D eigenvalue weighted by Crippen LogP contribution is 2.17. The van der Waals surface area contributed by atoms with Gasteiger partial charge in [-0.15, -0.1) is 0 Å². The van der Waals surface area contributed by atoms with E-state index in [-0.39, 0.29) is 17.2 Å². The average Bonchev–Trinajstić information content (AvgIpc) is 1.85. The van der Waals surface area contributed by atoms with Crippen LogP contribution in [-0.2, 0) is 4.79 Å². The van der Waals surface area contributed by atoms with Gasteiger partial charge in [-0.1, -0.05) is 34.1 Å². The molecule has 0 radical (unpaired) electrons. The Kier molecular flexibility index (Phi) is 3.73. The maximum absolute atomic E-state index is 11.4.